The van der Waals surface area contributed by atoms with Crippen LogP contribution in [0.1, 0.15) is 52.6 Å². The van der Waals surface area contributed by atoms with Gasteiger partial charge >= 0.3 is 5.97 Å². The number of rotatable bonds is 3. The molecule has 28 heavy (non-hydrogen) atoms. The molecule has 0 aromatic heterocycles. The van der Waals surface area contributed by atoms with Crippen LogP contribution in [0.25, 0.3) is 0 Å². The lowest BCUT2D eigenvalue weighted by molar-refractivity contribution is -0.127. The van der Waals surface area contributed by atoms with E-state index >= 15 is 0 Å². The van der Waals surface area contributed by atoms with Crippen molar-refractivity contribution >= 4 is 39.3 Å². The van der Waals surface area contributed by atoms with Crippen molar-refractivity contribution in [3.8, 4) is 0 Å². The molecule has 7 heteroatoms. The Morgan fingerprint density at radius 3 is 2.18 bits per heavy atom. The minimum atomic E-state index is -0.790. The Morgan fingerprint density at radius 1 is 1.07 bits per heavy atom. The lowest BCUT2D eigenvalue weighted by Crippen LogP contribution is -2.34. The highest BCUT2D eigenvalue weighted by Crippen LogP contribution is 2.28. The van der Waals surface area contributed by atoms with Crippen LogP contribution in [0.2, 0.25) is 0 Å². The molecule has 0 saturated heterocycles. The number of halogens is 1. The second-order valence-corrected chi connectivity index (χ2v) is 8.59. The van der Waals surface area contributed by atoms with Crippen LogP contribution in [-0.2, 0) is 22.6 Å². The Hall–Kier alpha value is -2.67. The first-order chi connectivity index (χ1) is 13.1. The number of anilines is 1. The molecule has 2 aromatic carbocycles. The number of nitrogens with zero attached hydrogens (tertiary/aromatic N) is 1. The Balaban J connectivity index is 1.93. The average Bonchev–Trinajstić information content (AvgIpc) is 3.02. The molecule has 2 N–H and O–H groups in total. The Bertz CT molecular complexity index is 954. The molecule has 1 amide bonds. The van der Waals surface area contributed by atoms with E-state index in [-0.39, 0.29) is 16.8 Å². The second-order valence-electron chi connectivity index (χ2n) is 7.68. The number of carbonyl (C=O) groups excluding carboxylic acids is 3. The van der Waals surface area contributed by atoms with Crippen LogP contribution in [0.4, 0.5) is 5.69 Å². The van der Waals surface area contributed by atoms with Gasteiger partial charge in [0, 0.05) is 28.8 Å². The fourth-order valence-corrected chi connectivity index (χ4v) is 3.58. The molecule has 0 aliphatic carbocycles. The molecule has 0 saturated carbocycles. The third-order valence-corrected chi connectivity index (χ3v) is 4.76. The highest BCUT2D eigenvalue weighted by molar-refractivity contribution is 9.10. The molecule has 1 heterocycles. The fourth-order valence-electron chi connectivity index (χ4n) is 3.10. The van der Waals surface area contributed by atoms with Crippen LogP contribution >= 0.6 is 15.9 Å². The first-order valence-electron chi connectivity index (χ1n) is 8.79. The van der Waals surface area contributed by atoms with E-state index in [4.69, 9.17) is 10.5 Å². The number of ketones is 1. The number of benzene rings is 2. The normalized spacial score (nSPS) is 13.2. The monoisotopic (exact) mass is 444 g/mol. The number of nitrogen functional groups attached to an aromatic ring is 1. The highest BCUT2D eigenvalue weighted by Gasteiger charge is 2.33. The van der Waals surface area contributed by atoms with Crippen molar-refractivity contribution in [2.24, 2.45) is 0 Å². The van der Waals surface area contributed by atoms with E-state index in [1.807, 2.05) is 24.3 Å². The number of Topliss-reactive ketones (excluding diaryl/α,β-unsaturated/α-hetero) is 1. The van der Waals surface area contributed by atoms with Crippen LogP contribution in [0, 0.1) is 0 Å². The topological polar surface area (TPSA) is 89.7 Å². The van der Waals surface area contributed by atoms with Gasteiger partial charge in [0.15, 0.2) is 0 Å². The zero-order valence-corrected chi connectivity index (χ0v) is 17.5. The van der Waals surface area contributed by atoms with Gasteiger partial charge in [-0.2, -0.15) is 0 Å². The summed E-state index contributed by atoms with van der Waals surface area (Å²) in [6, 6.07) is 10.6. The van der Waals surface area contributed by atoms with Crippen molar-refractivity contribution in [3.05, 3.63) is 63.1 Å². The van der Waals surface area contributed by atoms with Gasteiger partial charge in [0.2, 0.25) is 0 Å². The molecular weight excluding hydrogens is 424 g/mol. The number of amides is 1. The van der Waals surface area contributed by atoms with Gasteiger partial charge in [-0.05, 0) is 44.0 Å². The predicted octanol–water partition coefficient (Wildman–Crippen LogP) is 3.71. The number of nitrogens with two attached hydrogens (primary N) is 1. The standard InChI is InChI=1S/C21H21BrN2O4/c1-21(2,3)28-20(27)17-15(8-14(22)9-16(17)23)18(25)19(26)24-10-12-6-4-5-7-13(12)11-24/h4-9H,10-11,23H2,1-3H3. The van der Waals surface area contributed by atoms with E-state index in [1.165, 1.54) is 17.0 Å². The molecule has 1 aliphatic rings. The van der Waals surface area contributed by atoms with Gasteiger partial charge in [0.05, 0.1) is 5.56 Å². The molecule has 146 valence electrons. The SMILES string of the molecule is CC(C)(C)OC(=O)c1c(N)cc(Br)cc1C(=O)C(=O)N1Cc2ccccc2C1. The van der Waals surface area contributed by atoms with E-state index in [2.05, 4.69) is 15.9 Å². The molecule has 6 nitrogen and oxygen atoms in total. The van der Waals surface area contributed by atoms with E-state index < -0.39 is 23.3 Å². The van der Waals surface area contributed by atoms with Gasteiger partial charge in [-0.3, -0.25) is 9.59 Å². The predicted molar refractivity (Wildman–Crippen MR) is 109 cm³/mol. The zero-order chi connectivity index (χ0) is 20.6. The lowest BCUT2D eigenvalue weighted by Gasteiger charge is -2.22. The smallest absolute Gasteiger partial charge is 0.341 e. The number of hydrogen-bond acceptors (Lipinski definition) is 5. The molecule has 0 spiro atoms. The van der Waals surface area contributed by atoms with Crippen molar-refractivity contribution in [3.63, 3.8) is 0 Å². The van der Waals surface area contributed by atoms with Gasteiger partial charge in [-0.25, -0.2) is 4.79 Å². The van der Waals surface area contributed by atoms with Crippen LogP contribution in [0.3, 0.4) is 0 Å². The molecule has 0 unspecified atom stereocenters. The van der Waals surface area contributed by atoms with Crippen molar-refractivity contribution in [1.29, 1.82) is 0 Å². The Labute approximate surface area is 171 Å². The summed E-state index contributed by atoms with van der Waals surface area (Å²) >= 11 is 3.27. The van der Waals surface area contributed by atoms with E-state index in [9.17, 15) is 14.4 Å². The number of ether oxygens (including phenoxy) is 1. The van der Waals surface area contributed by atoms with Crippen LogP contribution < -0.4 is 5.73 Å². The third-order valence-electron chi connectivity index (χ3n) is 4.30. The van der Waals surface area contributed by atoms with Crippen LogP contribution in [-0.4, -0.2) is 28.2 Å². The summed E-state index contributed by atoms with van der Waals surface area (Å²) in [5, 5.41) is 0. The molecular formula is C21H21BrN2O4. The van der Waals surface area contributed by atoms with Gasteiger partial charge in [-0.1, -0.05) is 40.2 Å². The maximum absolute atomic E-state index is 13.0. The Morgan fingerprint density at radius 2 is 1.64 bits per heavy atom. The summed E-state index contributed by atoms with van der Waals surface area (Å²) in [5.41, 5.74) is 7.15. The summed E-state index contributed by atoms with van der Waals surface area (Å²) in [6.07, 6.45) is 0. The summed E-state index contributed by atoms with van der Waals surface area (Å²) < 4.78 is 5.88. The largest absolute Gasteiger partial charge is 0.456 e. The first-order valence-corrected chi connectivity index (χ1v) is 9.59. The number of fused-ring (bicyclic) bond motifs is 1. The fraction of sp³-hybridized carbons (Fsp3) is 0.286. The summed E-state index contributed by atoms with van der Waals surface area (Å²) in [7, 11) is 0. The minimum absolute atomic E-state index is 0.0675. The van der Waals surface area contributed by atoms with Crippen molar-refractivity contribution in [2.75, 3.05) is 5.73 Å². The Kier molecular flexibility index (Phi) is 5.30. The molecule has 3 rings (SSSR count). The van der Waals surface area contributed by atoms with Crippen molar-refractivity contribution in [2.45, 2.75) is 39.5 Å². The maximum Gasteiger partial charge on any atom is 0.341 e. The summed E-state index contributed by atoms with van der Waals surface area (Å²) in [6.45, 7) is 5.86. The van der Waals surface area contributed by atoms with Crippen molar-refractivity contribution < 1.29 is 19.1 Å². The second kappa shape index (κ2) is 7.39. The zero-order valence-electron chi connectivity index (χ0n) is 15.9. The number of carbonyl (C=O) groups is 3. The number of hydrogen-bond donors (Lipinski definition) is 1. The van der Waals surface area contributed by atoms with Gasteiger partial charge in [0.1, 0.15) is 5.60 Å². The molecule has 1 aliphatic heterocycles. The molecule has 0 radical (unpaired) electrons. The maximum atomic E-state index is 13.0. The first kappa shape index (κ1) is 20.1. The quantitative estimate of drug-likeness (QED) is 0.337. The molecule has 2 aromatic rings. The highest BCUT2D eigenvalue weighted by atomic mass is 79.9. The minimum Gasteiger partial charge on any atom is -0.456 e. The van der Waals surface area contributed by atoms with Gasteiger partial charge < -0.3 is 15.4 Å². The summed E-state index contributed by atoms with van der Waals surface area (Å²) in [4.78, 5) is 40.0. The van der Waals surface area contributed by atoms with Crippen LogP contribution in [0.15, 0.2) is 40.9 Å². The van der Waals surface area contributed by atoms with Crippen LogP contribution in [0.5, 0.6) is 0 Å². The van der Waals surface area contributed by atoms with Crippen molar-refractivity contribution in [1.82, 2.24) is 4.90 Å². The molecule has 0 bridgehead atoms. The molecule has 0 fully saturated rings. The van der Waals surface area contributed by atoms with E-state index in [1.54, 1.807) is 20.8 Å². The van der Waals surface area contributed by atoms with E-state index in [0.29, 0.717) is 17.6 Å². The summed E-state index contributed by atoms with van der Waals surface area (Å²) in [5.74, 6) is -2.21. The lowest BCUT2D eigenvalue weighted by atomic mass is 10.0. The molecule has 0 atom stereocenters. The number of esters is 1. The average molecular weight is 445 g/mol. The third kappa shape index (κ3) is 4.09. The van der Waals surface area contributed by atoms with Gasteiger partial charge in [0.25, 0.3) is 11.7 Å². The van der Waals surface area contributed by atoms with E-state index in [0.717, 1.165) is 11.1 Å². The van der Waals surface area contributed by atoms with Gasteiger partial charge in [-0.15, -0.1) is 0 Å².